The van der Waals surface area contributed by atoms with E-state index in [4.69, 9.17) is 0 Å². The number of H-pyrrole nitrogens is 1. The van der Waals surface area contributed by atoms with Crippen LogP contribution in [0.15, 0.2) is 36.5 Å². The maximum Gasteiger partial charge on any atom is 0.103 e. The zero-order valence-corrected chi connectivity index (χ0v) is 11.1. The summed E-state index contributed by atoms with van der Waals surface area (Å²) in [5.74, 6) is 0. The molecule has 1 saturated heterocycles. The SMILES string of the molecule is Cc1[nH]ncc1CN1CCC(O)(c2ccccc2)C1. The molecule has 0 radical (unpaired) electrons. The van der Waals surface area contributed by atoms with Gasteiger partial charge >= 0.3 is 0 Å². The summed E-state index contributed by atoms with van der Waals surface area (Å²) in [6, 6.07) is 9.96. The number of aliphatic hydroxyl groups is 1. The average Bonchev–Trinajstić information content (AvgIpc) is 3.00. The van der Waals surface area contributed by atoms with Gasteiger partial charge in [-0.1, -0.05) is 30.3 Å². The van der Waals surface area contributed by atoms with Crippen LogP contribution >= 0.6 is 0 Å². The zero-order valence-electron chi connectivity index (χ0n) is 11.1. The molecule has 1 atom stereocenters. The average molecular weight is 257 g/mol. The van der Waals surface area contributed by atoms with E-state index in [0.717, 1.165) is 30.8 Å². The van der Waals surface area contributed by atoms with Crippen LogP contribution in [-0.4, -0.2) is 33.3 Å². The lowest BCUT2D eigenvalue weighted by molar-refractivity contribution is 0.0453. The van der Waals surface area contributed by atoms with E-state index in [0.29, 0.717) is 6.54 Å². The van der Waals surface area contributed by atoms with Crippen molar-refractivity contribution >= 4 is 0 Å². The first-order chi connectivity index (χ1) is 9.17. The third-order valence-electron chi connectivity index (χ3n) is 3.97. The lowest BCUT2D eigenvalue weighted by Crippen LogP contribution is -2.30. The Morgan fingerprint density at radius 3 is 2.84 bits per heavy atom. The summed E-state index contributed by atoms with van der Waals surface area (Å²) in [7, 11) is 0. The highest BCUT2D eigenvalue weighted by molar-refractivity contribution is 5.24. The topological polar surface area (TPSA) is 52.2 Å². The first-order valence-corrected chi connectivity index (χ1v) is 6.66. The van der Waals surface area contributed by atoms with Crippen LogP contribution in [0.1, 0.15) is 23.2 Å². The highest BCUT2D eigenvalue weighted by atomic mass is 16.3. The summed E-state index contributed by atoms with van der Waals surface area (Å²) in [5, 5.41) is 17.8. The van der Waals surface area contributed by atoms with Gasteiger partial charge in [-0.05, 0) is 18.9 Å². The Labute approximate surface area is 113 Å². The molecule has 1 unspecified atom stereocenters. The maximum atomic E-state index is 10.8. The van der Waals surface area contributed by atoms with Crippen LogP contribution in [0, 0.1) is 6.92 Å². The fourth-order valence-electron chi connectivity index (χ4n) is 2.77. The molecule has 0 bridgehead atoms. The molecule has 19 heavy (non-hydrogen) atoms. The van der Waals surface area contributed by atoms with Gasteiger partial charge in [0, 0.05) is 30.9 Å². The third kappa shape index (κ3) is 2.41. The second kappa shape index (κ2) is 4.79. The molecule has 1 aliphatic heterocycles. The molecule has 2 heterocycles. The van der Waals surface area contributed by atoms with Crippen molar-refractivity contribution < 1.29 is 5.11 Å². The fourth-order valence-corrected chi connectivity index (χ4v) is 2.77. The highest BCUT2D eigenvalue weighted by Crippen LogP contribution is 2.32. The zero-order chi connectivity index (χ0) is 13.3. The molecule has 0 amide bonds. The first-order valence-electron chi connectivity index (χ1n) is 6.66. The minimum Gasteiger partial charge on any atom is -0.384 e. The van der Waals surface area contributed by atoms with Gasteiger partial charge in [0.15, 0.2) is 0 Å². The number of nitrogens with zero attached hydrogens (tertiary/aromatic N) is 2. The molecule has 0 spiro atoms. The van der Waals surface area contributed by atoms with Crippen LogP contribution in [0.5, 0.6) is 0 Å². The van der Waals surface area contributed by atoms with E-state index >= 15 is 0 Å². The molecule has 2 aromatic rings. The van der Waals surface area contributed by atoms with Crippen molar-refractivity contribution in [3.8, 4) is 0 Å². The van der Waals surface area contributed by atoms with Gasteiger partial charge in [0.05, 0.1) is 6.20 Å². The number of nitrogens with one attached hydrogen (secondary N) is 1. The molecular weight excluding hydrogens is 238 g/mol. The Hall–Kier alpha value is -1.65. The van der Waals surface area contributed by atoms with E-state index in [-0.39, 0.29) is 0 Å². The van der Waals surface area contributed by atoms with Gasteiger partial charge in [-0.3, -0.25) is 10.00 Å². The van der Waals surface area contributed by atoms with Crippen LogP contribution in [-0.2, 0) is 12.1 Å². The molecule has 4 nitrogen and oxygen atoms in total. The number of hydrogen-bond acceptors (Lipinski definition) is 3. The number of hydrogen-bond donors (Lipinski definition) is 2. The number of β-amino-alcohol motifs (C(OH)–C–C–N with tert-alkyl or cyclic N) is 1. The smallest absolute Gasteiger partial charge is 0.103 e. The molecule has 1 fully saturated rings. The Kier molecular flexibility index (Phi) is 3.12. The van der Waals surface area contributed by atoms with E-state index in [1.54, 1.807) is 0 Å². The van der Waals surface area contributed by atoms with Crippen molar-refractivity contribution in [2.75, 3.05) is 13.1 Å². The van der Waals surface area contributed by atoms with E-state index in [9.17, 15) is 5.11 Å². The fraction of sp³-hybridized carbons (Fsp3) is 0.400. The molecular formula is C15H19N3O. The quantitative estimate of drug-likeness (QED) is 0.881. The molecule has 4 heteroatoms. The van der Waals surface area contributed by atoms with Crippen molar-refractivity contribution in [1.82, 2.24) is 15.1 Å². The first kappa shape index (κ1) is 12.4. The number of aromatic amines is 1. The monoisotopic (exact) mass is 257 g/mol. The van der Waals surface area contributed by atoms with Gasteiger partial charge < -0.3 is 5.11 Å². The lowest BCUT2D eigenvalue weighted by Gasteiger charge is -2.24. The van der Waals surface area contributed by atoms with Gasteiger partial charge in [-0.2, -0.15) is 5.10 Å². The summed E-state index contributed by atoms with van der Waals surface area (Å²) in [5.41, 5.74) is 2.62. The standard InChI is InChI=1S/C15H19N3O/c1-12-13(9-16-17-12)10-18-8-7-15(19,11-18)14-5-3-2-4-6-14/h2-6,9,19H,7-8,10-11H2,1H3,(H,16,17). The van der Waals surface area contributed by atoms with E-state index < -0.39 is 5.60 Å². The van der Waals surface area contributed by atoms with Gasteiger partial charge in [0.25, 0.3) is 0 Å². The predicted molar refractivity (Wildman–Crippen MR) is 73.6 cm³/mol. The molecule has 3 rings (SSSR count). The summed E-state index contributed by atoms with van der Waals surface area (Å²) >= 11 is 0. The van der Waals surface area contributed by atoms with Gasteiger partial charge in [-0.25, -0.2) is 0 Å². The van der Waals surface area contributed by atoms with Crippen LogP contribution in [0.3, 0.4) is 0 Å². The molecule has 0 aliphatic carbocycles. The van der Waals surface area contributed by atoms with Crippen LogP contribution in [0.2, 0.25) is 0 Å². The minimum atomic E-state index is -0.709. The van der Waals surface area contributed by atoms with Crippen LogP contribution in [0.4, 0.5) is 0 Å². The van der Waals surface area contributed by atoms with Gasteiger partial charge in [0.1, 0.15) is 5.60 Å². The second-order valence-electron chi connectivity index (χ2n) is 5.38. The molecule has 2 N–H and O–H groups in total. The molecule has 1 aliphatic rings. The normalized spacial score (nSPS) is 23.9. The second-order valence-corrected chi connectivity index (χ2v) is 5.38. The Bertz CT molecular complexity index is 552. The number of likely N-dealkylation sites (tertiary alicyclic amines) is 1. The summed E-state index contributed by atoms with van der Waals surface area (Å²) in [4.78, 5) is 2.28. The third-order valence-corrected chi connectivity index (χ3v) is 3.97. The molecule has 1 aromatic carbocycles. The Morgan fingerprint density at radius 2 is 2.16 bits per heavy atom. The Balaban J connectivity index is 1.72. The summed E-state index contributed by atoms with van der Waals surface area (Å²) in [6.45, 7) is 4.47. The summed E-state index contributed by atoms with van der Waals surface area (Å²) in [6.07, 6.45) is 2.66. The van der Waals surface area contributed by atoms with Crippen molar-refractivity contribution in [2.24, 2.45) is 0 Å². The van der Waals surface area contributed by atoms with Crippen LogP contribution in [0.25, 0.3) is 0 Å². The maximum absolute atomic E-state index is 10.8. The highest BCUT2D eigenvalue weighted by Gasteiger charge is 2.37. The largest absolute Gasteiger partial charge is 0.384 e. The molecule has 0 saturated carbocycles. The van der Waals surface area contributed by atoms with E-state index in [2.05, 4.69) is 15.1 Å². The Morgan fingerprint density at radius 1 is 1.37 bits per heavy atom. The van der Waals surface area contributed by atoms with Crippen molar-refractivity contribution in [1.29, 1.82) is 0 Å². The van der Waals surface area contributed by atoms with Crippen LogP contribution < -0.4 is 0 Å². The van der Waals surface area contributed by atoms with E-state index in [1.807, 2.05) is 43.5 Å². The summed E-state index contributed by atoms with van der Waals surface area (Å²) < 4.78 is 0. The number of aryl methyl sites for hydroxylation is 1. The predicted octanol–water partition coefficient (Wildman–Crippen LogP) is 1.81. The molecule has 1 aromatic heterocycles. The number of benzene rings is 1. The number of aromatic nitrogens is 2. The molecule has 100 valence electrons. The lowest BCUT2D eigenvalue weighted by atomic mass is 9.93. The van der Waals surface area contributed by atoms with E-state index in [1.165, 1.54) is 5.56 Å². The van der Waals surface area contributed by atoms with Crippen molar-refractivity contribution in [3.05, 3.63) is 53.3 Å². The van der Waals surface area contributed by atoms with Crippen molar-refractivity contribution in [3.63, 3.8) is 0 Å². The minimum absolute atomic E-state index is 0.682. The van der Waals surface area contributed by atoms with Gasteiger partial charge in [-0.15, -0.1) is 0 Å². The van der Waals surface area contributed by atoms with Gasteiger partial charge in [0.2, 0.25) is 0 Å². The van der Waals surface area contributed by atoms with Crippen molar-refractivity contribution in [2.45, 2.75) is 25.5 Å². The number of rotatable bonds is 3.